The van der Waals surface area contributed by atoms with Gasteiger partial charge in [-0.15, -0.1) is 10.2 Å². The van der Waals surface area contributed by atoms with Gasteiger partial charge in [0.1, 0.15) is 16.6 Å². The maximum atomic E-state index is 13.9. The van der Waals surface area contributed by atoms with E-state index in [9.17, 15) is 4.39 Å². The fraction of sp³-hybridized carbons (Fsp3) is 0.385. The average molecular weight is 281 g/mol. The summed E-state index contributed by atoms with van der Waals surface area (Å²) < 4.78 is 19.1. The molecule has 4 nitrogen and oxygen atoms in total. The summed E-state index contributed by atoms with van der Waals surface area (Å²) in [6.45, 7) is 4.88. The first-order chi connectivity index (χ1) is 9.17. The zero-order valence-electron chi connectivity index (χ0n) is 11.1. The maximum Gasteiger partial charge on any atom is 0.154 e. The summed E-state index contributed by atoms with van der Waals surface area (Å²) in [5, 5.41) is 12.8. The number of hydrogen-bond acceptors (Lipinski definition) is 5. The molecule has 1 atom stereocenters. The number of benzene rings is 1. The van der Waals surface area contributed by atoms with Crippen LogP contribution in [0.4, 0.5) is 4.39 Å². The molecular formula is C13H16FN3OS. The molecule has 0 radical (unpaired) electrons. The highest BCUT2D eigenvalue weighted by molar-refractivity contribution is 7.14. The van der Waals surface area contributed by atoms with Crippen LogP contribution < -0.4 is 10.1 Å². The van der Waals surface area contributed by atoms with Gasteiger partial charge in [0.05, 0.1) is 18.7 Å². The molecule has 6 heteroatoms. The minimum Gasteiger partial charge on any atom is -0.496 e. The van der Waals surface area contributed by atoms with Crippen molar-refractivity contribution in [3.8, 4) is 16.3 Å². The predicted molar refractivity (Wildman–Crippen MR) is 73.9 cm³/mol. The molecule has 1 aromatic carbocycles. The van der Waals surface area contributed by atoms with Crippen molar-refractivity contribution >= 4 is 11.3 Å². The Morgan fingerprint density at radius 2 is 2.21 bits per heavy atom. The van der Waals surface area contributed by atoms with Gasteiger partial charge >= 0.3 is 0 Å². The highest BCUT2D eigenvalue weighted by Gasteiger charge is 2.18. The van der Waals surface area contributed by atoms with Gasteiger partial charge in [-0.2, -0.15) is 0 Å². The molecule has 1 aromatic heterocycles. The standard InChI is InChI=1S/C13H16FN3OS/c1-4-15-8(2)12-16-17-13(19-12)11-9(14)6-5-7-10(11)18-3/h5-8,15H,4H2,1-3H3. The molecule has 2 aromatic rings. The van der Waals surface area contributed by atoms with Gasteiger partial charge in [0, 0.05) is 0 Å². The Bertz CT molecular complexity index is 559. The van der Waals surface area contributed by atoms with Crippen molar-refractivity contribution in [1.82, 2.24) is 15.5 Å². The molecule has 0 aliphatic rings. The number of aromatic nitrogens is 2. The van der Waals surface area contributed by atoms with Crippen LogP contribution in [-0.4, -0.2) is 23.9 Å². The topological polar surface area (TPSA) is 47.0 Å². The van der Waals surface area contributed by atoms with Crippen LogP contribution in [0.5, 0.6) is 5.75 Å². The summed E-state index contributed by atoms with van der Waals surface area (Å²) >= 11 is 1.37. The van der Waals surface area contributed by atoms with Crippen LogP contribution in [0, 0.1) is 5.82 Å². The second kappa shape index (κ2) is 6.08. The monoisotopic (exact) mass is 281 g/mol. The Morgan fingerprint density at radius 3 is 2.89 bits per heavy atom. The third-order valence-electron chi connectivity index (χ3n) is 2.73. The number of nitrogens with zero attached hydrogens (tertiary/aromatic N) is 2. The molecule has 0 fully saturated rings. The van der Waals surface area contributed by atoms with Gasteiger partial charge in [-0.05, 0) is 25.6 Å². The molecule has 1 N–H and O–H groups in total. The Balaban J connectivity index is 2.38. The lowest BCUT2D eigenvalue weighted by molar-refractivity contribution is 0.413. The van der Waals surface area contributed by atoms with Crippen molar-refractivity contribution in [1.29, 1.82) is 0 Å². The number of nitrogens with one attached hydrogen (secondary N) is 1. The summed E-state index contributed by atoms with van der Waals surface area (Å²) in [7, 11) is 1.52. The van der Waals surface area contributed by atoms with E-state index in [2.05, 4.69) is 15.5 Å². The lowest BCUT2D eigenvalue weighted by atomic mass is 10.2. The van der Waals surface area contributed by atoms with Crippen LogP contribution in [-0.2, 0) is 0 Å². The van der Waals surface area contributed by atoms with E-state index in [1.807, 2.05) is 13.8 Å². The average Bonchev–Trinajstić information content (AvgIpc) is 2.88. The van der Waals surface area contributed by atoms with Crippen LogP contribution in [0.25, 0.3) is 10.6 Å². The van der Waals surface area contributed by atoms with E-state index < -0.39 is 0 Å². The van der Waals surface area contributed by atoms with Crippen molar-refractivity contribution in [2.24, 2.45) is 0 Å². The number of halogens is 1. The van der Waals surface area contributed by atoms with Crippen LogP contribution in [0.15, 0.2) is 18.2 Å². The summed E-state index contributed by atoms with van der Waals surface area (Å²) in [5.74, 6) is 0.122. The van der Waals surface area contributed by atoms with Crippen molar-refractivity contribution < 1.29 is 9.13 Å². The van der Waals surface area contributed by atoms with Gasteiger partial charge in [0.2, 0.25) is 0 Å². The predicted octanol–water partition coefficient (Wildman–Crippen LogP) is 3.02. The Morgan fingerprint density at radius 1 is 1.42 bits per heavy atom. The molecule has 0 aliphatic carbocycles. The second-order valence-electron chi connectivity index (χ2n) is 4.04. The van der Waals surface area contributed by atoms with Gasteiger partial charge in [-0.25, -0.2) is 4.39 Å². The molecule has 102 valence electrons. The molecule has 0 saturated carbocycles. The first kappa shape index (κ1) is 13.9. The molecule has 0 amide bonds. The molecule has 2 rings (SSSR count). The molecule has 0 saturated heterocycles. The molecule has 19 heavy (non-hydrogen) atoms. The highest BCUT2D eigenvalue weighted by Crippen LogP contribution is 2.35. The highest BCUT2D eigenvalue weighted by atomic mass is 32.1. The van der Waals surface area contributed by atoms with Crippen molar-refractivity contribution in [2.45, 2.75) is 19.9 Å². The second-order valence-corrected chi connectivity index (χ2v) is 5.05. The van der Waals surface area contributed by atoms with E-state index >= 15 is 0 Å². The van der Waals surface area contributed by atoms with Crippen molar-refractivity contribution in [2.75, 3.05) is 13.7 Å². The summed E-state index contributed by atoms with van der Waals surface area (Å²) in [6, 6.07) is 4.83. The third kappa shape index (κ3) is 2.90. The van der Waals surface area contributed by atoms with E-state index in [0.29, 0.717) is 16.3 Å². The number of ether oxygens (including phenoxy) is 1. The van der Waals surface area contributed by atoms with E-state index in [0.717, 1.165) is 11.6 Å². The fourth-order valence-electron chi connectivity index (χ4n) is 1.79. The molecule has 0 aliphatic heterocycles. The lowest BCUT2D eigenvalue weighted by Crippen LogP contribution is -2.17. The first-order valence-electron chi connectivity index (χ1n) is 6.07. The van der Waals surface area contributed by atoms with E-state index in [-0.39, 0.29) is 11.9 Å². The minimum absolute atomic E-state index is 0.106. The summed E-state index contributed by atoms with van der Waals surface area (Å²) in [5.41, 5.74) is 0.373. The van der Waals surface area contributed by atoms with E-state index in [4.69, 9.17) is 4.74 Å². The number of methoxy groups -OCH3 is 1. The largest absolute Gasteiger partial charge is 0.496 e. The van der Waals surface area contributed by atoms with Crippen LogP contribution in [0.1, 0.15) is 24.9 Å². The first-order valence-corrected chi connectivity index (χ1v) is 6.88. The fourth-order valence-corrected chi connectivity index (χ4v) is 2.71. The van der Waals surface area contributed by atoms with Crippen LogP contribution in [0.2, 0.25) is 0 Å². The summed E-state index contributed by atoms with van der Waals surface area (Å²) in [6.07, 6.45) is 0. The van der Waals surface area contributed by atoms with E-state index in [1.165, 1.54) is 24.5 Å². The molecule has 1 unspecified atom stereocenters. The van der Waals surface area contributed by atoms with Gasteiger partial charge < -0.3 is 10.1 Å². The molecule has 0 bridgehead atoms. The van der Waals surface area contributed by atoms with Gasteiger partial charge in [0.25, 0.3) is 0 Å². The Labute approximate surface area is 115 Å². The Hall–Kier alpha value is -1.53. The van der Waals surface area contributed by atoms with Crippen molar-refractivity contribution in [3.63, 3.8) is 0 Å². The number of hydrogen-bond donors (Lipinski definition) is 1. The molecule has 1 heterocycles. The third-order valence-corrected chi connectivity index (χ3v) is 3.85. The molecule has 0 spiro atoms. The Kier molecular flexibility index (Phi) is 4.44. The zero-order chi connectivity index (χ0) is 13.8. The quantitative estimate of drug-likeness (QED) is 0.915. The van der Waals surface area contributed by atoms with Gasteiger partial charge in [-0.3, -0.25) is 0 Å². The van der Waals surface area contributed by atoms with E-state index in [1.54, 1.807) is 12.1 Å². The van der Waals surface area contributed by atoms with Crippen LogP contribution >= 0.6 is 11.3 Å². The number of rotatable bonds is 5. The normalized spacial score (nSPS) is 12.4. The minimum atomic E-state index is -0.349. The SMILES string of the molecule is CCNC(C)c1nnc(-c2c(F)cccc2OC)s1. The summed E-state index contributed by atoms with van der Waals surface area (Å²) in [4.78, 5) is 0. The van der Waals surface area contributed by atoms with Crippen molar-refractivity contribution in [3.05, 3.63) is 29.0 Å². The van der Waals surface area contributed by atoms with Crippen LogP contribution in [0.3, 0.4) is 0 Å². The smallest absolute Gasteiger partial charge is 0.154 e. The van der Waals surface area contributed by atoms with Gasteiger partial charge in [-0.1, -0.05) is 24.3 Å². The maximum absolute atomic E-state index is 13.9. The molecular weight excluding hydrogens is 265 g/mol. The lowest BCUT2D eigenvalue weighted by Gasteiger charge is -2.07. The zero-order valence-corrected chi connectivity index (χ0v) is 11.9. The van der Waals surface area contributed by atoms with Gasteiger partial charge in [0.15, 0.2) is 5.01 Å².